The van der Waals surface area contributed by atoms with Crippen LogP contribution in [0.3, 0.4) is 0 Å². The first-order valence-corrected chi connectivity index (χ1v) is 11.0. The number of rotatable bonds is 4. The van der Waals surface area contributed by atoms with Crippen LogP contribution in [-0.2, 0) is 14.6 Å². The van der Waals surface area contributed by atoms with Crippen LogP contribution >= 0.6 is 0 Å². The first-order valence-electron chi connectivity index (χ1n) is 9.64. The Labute approximate surface area is 172 Å². The van der Waals surface area contributed by atoms with Gasteiger partial charge in [-0.25, -0.2) is 9.18 Å². The molecule has 0 amide bonds. The van der Waals surface area contributed by atoms with Crippen LogP contribution in [-0.4, -0.2) is 49.2 Å². The van der Waals surface area contributed by atoms with Crippen molar-refractivity contribution in [1.29, 1.82) is 0 Å². The van der Waals surface area contributed by atoms with E-state index in [0.717, 1.165) is 12.8 Å². The molecule has 1 aliphatic heterocycles. The lowest BCUT2D eigenvalue weighted by atomic mass is 10.0. The van der Waals surface area contributed by atoms with Crippen molar-refractivity contribution in [2.45, 2.75) is 38.8 Å². The predicted molar refractivity (Wildman–Crippen MR) is 108 cm³/mol. The quantitative estimate of drug-likeness (QED) is 0.689. The monoisotopic (exact) mass is 439 g/mol. The van der Waals surface area contributed by atoms with Crippen molar-refractivity contribution in [3.05, 3.63) is 39.4 Å². The molecule has 11 heteroatoms. The summed E-state index contributed by atoms with van der Waals surface area (Å²) in [5, 5.41) is 3.30. The number of halogens is 1. The Hall–Kier alpha value is -2.50. The molecule has 1 aliphatic carbocycles. The second-order valence-electron chi connectivity index (χ2n) is 7.84. The van der Waals surface area contributed by atoms with Crippen molar-refractivity contribution < 1.29 is 26.3 Å². The molecule has 0 bridgehead atoms. The Balaban J connectivity index is 1.93. The van der Waals surface area contributed by atoms with Crippen molar-refractivity contribution in [1.82, 2.24) is 9.88 Å². The van der Waals surface area contributed by atoms with E-state index in [9.17, 15) is 18.0 Å². The average Bonchev–Trinajstić information content (AvgIpc) is 3.48. The molecule has 2 fully saturated rings. The van der Waals surface area contributed by atoms with Gasteiger partial charge in [0.25, 0.3) is 0 Å². The molecule has 1 saturated heterocycles. The smallest absolute Gasteiger partial charge is 0.366 e. The number of nitrogens with one attached hydrogen (secondary N) is 1. The van der Waals surface area contributed by atoms with Crippen molar-refractivity contribution in [2.75, 3.05) is 24.5 Å². The summed E-state index contributed by atoms with van der Waals surface area (Å²) in [6.45, 7) is 5.38. The minimum absolute atomic E-state index is 0.00359. The van der Waals surface area contributed by atoms with Gasteiger partial charge in [-0.3, -0.25) is 9.35 Å². The third-order valence-corrected chi connectivity index (χ3v) is 5.89. The molecular formula is C19H22FN3O6S. The maximum absolute atomic E-state index is 15.3. The summed E-state index contributed by atoms with van der Waals surface area (Å²) in [5.41, 5.74) is -0.471. The highest BCUT2D eigenvalue weighted by molar-refractivity contribution is 7.81. The van der Waals surface area contributed by atoms with E-state index < -0.39 is 33.2 Å². The molecular weight excluding hydrogens is 417 g/mol. The summed E-state index contributed by atoms with van der Waals surface area (Å²) in [4.78, 5) is 27.1. The van der Waals surface area contributed by atoms with E-state index in [4.69, 9.17) is 4.55 Å². The van der Waals surface area contributed by atoms with E-state index in [-0.39, 0.29) is 23.0 Å². The van der Waals surface area contributed by atoms with E-state index >= 15 is 4.39 Å². The summed E-state index contributed by atoms with van der Waals surface area (Å²) in [7, 11) is -5.09. The highest BCUT2D eigenvalue weighted by atomic mass is 32.3. The number of fused-ring (bicyclic) bond motifs is 1. The number of piperazine rings is 1. The molecule has 2 N–H and O–H groups in total. The highest BCUT2D eigenvalue weighted by Gasteiger charge is 2.31. The largest absolute Gasteiger partial charge is 0.449 e. The summed E-state index contributed by atoms with van der Waals surface area (Å²) in [6, 6.07) is 1.80. The zero-order valence-corrected chi connectivity index (χ0v) is 17.3. The van der Waals surface area contributed by atoms with E-state index in [1.54, 1.807) is 10.6 Å². The van der Waals surface area contributed by atoms with Gasteiger partial charge in [0.05, 0.1) is 16.6 Å². The number of nitrogens with zero attached hydrogens (tertiary/aromatic N) is 2. The molecule has 2 heterocycles. The summed E-state index contributed by atoms with van der Waals surface area (Å²) in [5.74, 6) is -2.06. The van der Waals surface area contributed by atoms with Gasteiger partial charge in [-0.2, -0.15) is 8.42 Å². The molecule has 1 aromatic heterocycles. The molecule has 9 nitrogen and oxygen atoms in total. The summed E-state index contributed by atoms with van der Waals surface area (Å²) >= 11 is 0. The van der Waals surface area contributed by atoms with Crippen LogP contribution in [0.2, 0.25) is 0 Å². The maximum atomic E-state index is 15.3. The Kier molecular flexibility index (Phi) is 5.07. The van der Waals surface area contributed by atoms with Gasteiger partial charge in [-0.05, 0) is 32.8 Å². The molecule has 0 spiro atoms. The molecule has 162 valence electrons. The van der Waals surface area contributed by atoms with Crippen LogP contribution in [0.4, 0.5) is 10.1 Å². The molecule has 0 radical (unpaired) electrons. The van der Waals surface area contributed by atoms with Crippen LogP contribution in [0.25, 0.3) is 10.9 Å². The van der Waals surface area contributed by atoms with E-state index in [1.165, 1.54) is 13.1 Å². The van der Waals surface area contributed by atoms with Crippen LogP contribution in [0, 0.1) is 12.7 Å². The fourth-order valence-corrected chi connectivity index (χ4v) is 4.25. The Morgan fingerprint density at radius 3 is 2.67 bits per heavy atom. The number of pyridine rings is 1. The van der Waals surface area contributed by atoms with Crippen LogP contribution < -0.4 is 15.6 Å². The summed E-state index contributed by atoms with van der Waals surface area (Å²) < 4.78 is 51.6. The first-order chi connectivity index (χ1) is 14.1. The Bertz CT molecular complexity index is 1210. The lowest BCUT2D eigenvalue weighted by Gasteiger charge is -2.34. The lowest BCUT2D eigenvalue weighted by Crippen LogP contribution is -2.49. The van der Waals surface area contributed by atoms with Gasteiger partial charge < -0.3 is 19.0 Å². The number of carbonyl (C=O) groups excluding carboxylic acids is 1. The van der Waals surface area contributed by atoms with Crippen molar-refractivity contribution >= 4 is 33.0 Å². The molecule has 30 heavy (non-hydrogen) atoms. The number of aryl methyl sites for hydroxylation is 1. The molecule has 2 aliphatic rings. The zero-order chi connectivity index (χ0) is 21.8. The molecule has 4 rings (SSSR count). The summed E-state index contributed by atoms with van der Waals surface area (Å²) in [6.07, 6.45) is 2.85. The van der Waals surface area contributed by atoms with E-state index in [0.29, 0.717) is 30.8 Å². The third kappa shape index (κ3) is 3.80. The SMILES string of the molecule is Cc1c(F)c(N2CCN[C@@H](C)C2)cc2c1c(=O)c(C(=O)OS(=O)(=O)O)cn2C1CC1. The van der Waals surface area contributed by atoms with Crippen molar-refractivity contribution in [3.63, 3.8) is 0 Å². The maximum Gasteiger partial charge on any atom is 0.449 e. The zero-order valence-electron chi connectivity index (χ0n) is 16.5. The van der Waals surface area contributed by atoms with Gasteiger partial charge in [0.15, 0.2) is 0 Å². The highest BCUT2D eigenvalue weighted by Crippen LogP contribution is 2.39. The van der Waals surface area contributed by atoms with Gasteiger partial charge in [-0.1, -0.05) is 0 Å². The van der Waals surface area contributed by atoms with Gasteiger partial charge >= 0.3 is 16.4 Å². The molecule has 2 aromatic rings. The van der Waals surface area contributed by atoms with Crippen LogP contribution in [0.1, 0.15) is 41.7 Å². The second-order valence-corrected chi connectivity index (χ2v) is 8.86. The van der Waals surface area contributed by atoms with Crippen molar-refractivity contribution in [3.8, 4) is 0 Å². The number of hydrogen-bond acceptors (Lipinski definition) is 7. The van der Waals surface area contributed by atoms with Gasteiger partial charge in [0.1, 0.15) is 11.4 Å². The second kappa shape index (κ2) is 7.33. The lowest BCUT2D eigenvalue weighted by molar-refractivity contribution is 0.0725. The number of carbonyl (C=O) groups is 1. The number of hydrogen-bond donors (Lipinski definition) is 2. The minimum Gasteiger partial charge on any atom is -0.366 e. The molecule has 1 atom stereocenters. The minimum atomic E-state index is -5.09. The fourth-order valence-electron chi connectivity index (χ4n) is 3.97. The van der Waals surface area contributed by atoms with E-state index in [1.807, 2.05) is 11.8 Å². The predicted octanol–water partition coefficient (Wildman–Crippen LogP) is 1.54. The normalized spacial score (nSPS) is 19.9. The van der Waals surface area contributed by atoms with Gasteiger partial charge in [0.2, 0.25) is 5.43 Å². The fraction of sp³-hybridized carbons (Fsp3) is 0.474. The number of aromatic nitrogens is 1. The Morgan fingerprint density at radius 2 is 2.07 bits per heavy atom. The van der Waals surface area contributed by atoms with E-state index in [2.05, 4.69) is 9.50 Å². The molecule has 0 unspecified atom stereocenters. The van der Waals surface area contributed by atoms with Crippen LogP contribution in [0.15, 0.2) is 17.1 Å². The standard InChI is InChI=1S/C19H22FN3O6S/c1-10-8-22(6-5-21-10)15-7-14-16(11(2)17(15)20)18(24)13(9-23(14)12-3-4-12)19(25)29-30(26,27)28/h7,9-10,12,21H,3-6,8H2,1-2H3,(H,26,27,28)/t10-/m0/s1. The van der Waals surface area contributed by atoms with Gasteiger partial charge in [0, 0.05) is 43.5 Å². The number of benzene rings is 1. The first kappa shape index (κ1) is 20.8. The molecule has 1 aromatic carbocycles. The van der Waals surface area contributed by atoms with Gasteiger partial charge in [-0.15, -0.1) is 0 Å². The topological polar surface area (TPSA) is 118 Å². The molecule has 1 saturated carbocycles. The van der Waals surface area contributed by atoms with Crippen LogP contribution in [0.5, 0.6) is 0 Å². The van der Waals surface area contributed by atoms with Crippen molar-refractivity contribution in [2.24, 2.45) is 0 Å². The average molecular weight is 439 g/mol. The Morgan fingerprint density at radius 1 is 1.37 bits per heavy atom. The third-order valence-electron chi connectivity index (χ3n) is 5.53. The number of anilines is 1.